The third-order valence-electron chi connectivity index (χ3n) is 3.05. The third kappa shape index (κ3) is 3.94. The van der Waals surface area contributed by atoms with Gasteiger partial charge >= 0.3 is 11.9 Å². The van der Waals surface area contributed by atoms with Crippen LogP contribution >= 0.6 is 0 Å². The highest BCUT2D eigenvalue weighted by molar-refractivity contribution is 5.91. The molecule has 0 bridgehead atoms. The number of nitro groups is 1. The monoisotopic (exact) mass is 310 g/mol. The Morgan fingerprint density at radius 3 is 2.32 bits per heavy atom. The van der Waals surface area contributed by atoms with Crippen molar-refractivity contribution in [2.45, 2.75) is 19.9 Å². The normalized spacial score (nSPS) is 11.7. The minimum absolute atomic E-state index is 0.0546. The van der Waals surface area contributed by atoms with Gasteiger partial charge in [-0.2, -0.15) is 0 Å². The minimum atomic E-state index is -0.743. The Labute approximate surface area is 127 Å². The van der Waals surface area contributed by atoms with Crippen LogP contribution in [0.5, 0.6) is 0 Å². The van der Waals surface area contributed by atoms with Crippen LogP contribution in [0.15, 0.2) is 18.2 Å². The Morgan fingerprint density at radius 1 is 1.23 bits per heavy atom. The molecule has 0 saturated heterocycles. The predicted octanol–water partition coefficient (Wildman–Crippen LogP) is 1.99. The van der Waals surface area contributed by atoms with Gasteiger partial charge in [0.05, 0.1) is 24.7 Å². The molecule has 0 aromatic heterocycles. The molecule has 0 aliphatic rings. The summed E-state index contributed by atoms with van der Waals surface area (Å²) in [6.07, 6.45) is 0. The molecule has 0 aliphatic carbocycles. The summed E-state index contributed by atoms with van der Waals surface area (Å²) in [6, 6.07) is 3.11. The Hall–Kier alpha value is -2.64. The van der Waals surface area contributed by atoms with E-state index in [1.54, 1.807) is 13.8 Å². The van der Waals surface area contributed by atoms with Gasteiger partial charge in [0.25, 0.3) is 5.69 Å². The molecule has 1 rings (SSSR count). The number of nitrogens with zero attached hydrogens (tertiary/aromatic N) is 1. The summed E-state index contributed by atoms with van der Waals surface area (Å²) >= 11 is 0. The first-order valence-electron chi connectivity index (χ1n) is 6.53. The van der Waals surface area contributed by atoms with Crippen LogP contribution in [0.25, 0.3) is 0 Å². The van der Waals surface area contributed by atoms with Crippen LogP contribution in [-0.2, 0) is 14.3 Å². The van der Waals surface area contributed by atoms with Crippen molar-refractivity contribution < 1.29 is 24.0 Å². The maximum Gasteiger partial charge on any atom is 0.338 e. The number of esters is 2. The molecule has 0 spiro atoms. The van der Waals surface area contributed by atoms with Crippen LogP contribution in [-0.4, -0.2) is 37.1 Å². The van der Waals surface area contributed by atoms with Gasteiger partial charge in [-0.3, -0.25) is 10.1 Å². The number of hydrogen-bond acceptors (Lipinski definition) is 7. The number of rotatable bonds is 6. The van der Waals surface area contributed by atoms with E-state index in [4.69, 9.17) is 0 Å². The van der Waals surface area contributed by atoms with Crippen molar-refractivity contribution >= 4 is 23.3 Å². The van der Waals surface area contributed by atoms with Crippen molar-refractivity contribution in [2.24, 2.45) is 5.92 Å². The molecule has 0 amide bonds. The lowest BCUT2D eigenvalue weighted by Gasteiger charge is -2.20. The molecule has 1 aromatic carbocycles. The Balaban J connectivity index is 3.20. The molecular formula is C14H18N2O6. The first kappa shape index (κ1) is 17.4. The lowest BCUT2D eigenvalue weighted by molar-refractivity contribution is -0.384. The van der Waals surface area contributed by atoms with Crippen molar-refractivity contribution in [3.05, 3.63) is 33.9 Å². The van der Waals surface area contributed by atoms with Crippen molar-refractivity contribution in [2.75, 3.05) is 19.5 Å². The van der Waals surface area contributed by atoms with Gasteiger partial charge < -0.3 is 14.8 Å². The maximum atomic E-state index is 11.7. The van der Waals surface area contributed by atoms with E-state index in [1.165, 1.54) is 26.4 Å². The van der Waals surface area contributed by atoms with Gasteiger partial charge in [0.1, 0.15) is 11.7 Å². The van der Waals surface area contributed by atoms with E-state index in [2.05, 4.69) is 14.8 Å². The van der Waals surface area contributed by atoms with E-state index in [1.807, 2.05) is 0 Å². The summed E-state index contributed by atoms with van der Waals surface area (Å²) in [5, 5.41) is 14.0. The Kier molecular flexibility index (Phi) is 5.85. The number of benzene rings is 1. The molecule has 0 fully saturated rings. The van der Waals surface area contributed by atoms with Gasteiger partial charge in [-0.05, 0) is 18.1 Å². The zero-order valence-corrected chi connectivity index (χ0v) is 12.8. The molecule has 0 unspecified atom stereocenters. The number of hydrogen-bond donors (Lipinski definition) is 1. The van der Waals surface area contributed by atoms with Crippen LogP contribution in [0.3, 0.4) is 0 Å². The highest BCUT2D eigenvalue weighted by Crippen LogP contribution is 2.27. The van der Waals surface area contributed by atoms with Crippen LogP contribution < -0.4 is 5.32 Å². The molecule has 1 aromatic rings. The second kappa shape index (κ2) is 7.39. The number of methoxy groups -OCH3 is 2. The van der Waals surface area contributed by atoms with Crippen LogP contribution in [0, 0.1) is 16.0 Å². The molecule has 8 heteroatoms. The molecule has 120 valence electrons. The SMILES string of the molecule is COC(=O)c1ccc(N[C@H](C(=O)OC)C(C)C)c([N+](=O)[O-])c1. The van der Waals surface area contributed by atoms with Crippen molar-refractivity contribution in [1.82, 2.24) is 0 Å². The van der Waals surface area contributed by atoms with E-state index in [9.17, 15) is 19.7 Å². The first-order chi connectivity index (χ1) is 10.3. The number of carbonyl (C=O) groups excluding carboxylic acids is 2. The standard InChI is InChI=1S/C14H18N2O6/c1-8(2)12(14(18)22-4)15-10-6-5-9(13(17)21-3)7-11(10)16(19)20/h5-8,12,15H,1-4H3/t12-/m0/s1. The average Bonchev–Trinajstić information content (AvgIpc) is 2.50. The maximum absolute atomic E-state index is 11.7. The number of ether oxygens (including phenoxy) is 2. The molecule has 0 heterocycles. The quantitative estimate of drug-likeness (QED) is 0.486. The predicted molar refractivity (Wildman–Crippen MR) is 78.7 cm³/mol. The Morgan fingerprint density at radius 2 is 1.86 bits per heavy atom. The highest BCUT2D eigenvalue weighted by Gasteiger charge is 2.26. The summed E-state index contributed by atoms with van der Waals surface area (Å²) in [4.78, 5) is 33.7. The second-order valence-electron chi connectivity index (χ2n) is 4.87. The molecule has 0 aliphatic heterocycles. The number of nitro benzene ring substituents is 1. The van der Waals surface area contributed by atoms with Crippen molar-refractivity contribution in [1.29, 1.82) is 0 Å². The molecule has 0 saturated carbocycles. The van der Waals surface area contributed by atoms with E-state index < -0.39 is 22.9 Å². The zero-order valence-electron chi connectivity index (χ0n) is 12.8. The topological polar surface area (TPSA) is 108 Å². The van der Waals surface area contributed by atoms with Crippen molar-refractivity contribution in [3.8, 4) is 0 Å². The van der Waals surface area contributed by atoms with E-state index in [0.717, 1.165) is 6.07 Å². The fourth-order valence-corrected chi connectivity index (χ4v) is 1.84. The molecule has 0 radical (unpaired) electrons. The fourth-order valence-electron chi connectivity index (χ4n) is 1.84. The Bertz CT molecular complexity index is 585. The van der Waals surface area contributed by atoms with Gasteiger partial charge in [-0.15, -0.1) is 0 Å². The summed E-state index contributed by atoms with van der Waals surface area (Å²) in [6.45, 7) is 3.56. The van der Waals surface area contributed by atoms with Gasteiger partial charge in [-0.25, -0.2) is 9.59 Å². The fraction of sp³-hybridized carbons (Fsp3) is 0.429. The summed E-state index contributed by atoms with van der Waals surface area (Å²) < 4.78 is 9.21. The van der Waals surface area contributed by atoms with E-state index in [-0.39, 0.29) is 22.9 Å². The van der Waals surface area contributed by atoms with Gasteiger partial charge in [0, 0.05) is 6.07 Å². The largest absolute Gasteiger partial charge is 0.467 e. The van der Waals surface area contributed by atoms with Gasteiger partial charge in [-0.1, -0.05) is 13.8 Å². The number of nitrogens with one attached hydrogen (secondary N) is 1. The summed E-state index contributed by atoms with van der Waals surface area (Å²) in [5.41, 5.74) is -0.141. The molecule has 8 nitrogen and oxygen atoms in total. The second-order valence-corrected chi connectivity index (χ2v) is 4.87. The average molecular weight is 310 g/mol. The smallest absolute Gasteiger partial charge is 0.338 e. The number of carbonyl (C=O) groups is 2. The highest BCUT2D eigenvalue weighted by atomic mass is 16.6. The van der Waals surface area contributed by atoms with Gasteiger partial charge in [0.2, 0.25) is 0 Å². The zero-order chi connectivity index (χ0) is 16.9. The van der Waals surface area contributed by atoms with Crippen LogP contribution in [0.2, 0.25) is 0 Å². The van der Waals surface area contributed by atoms with Crippen LogP contribution in [0.1, 0.15) is 24.2 Å². The third-order valence-corrected chi connectivity index (χ3v) is 3.05. The van der Waals surface area contributed by atoms with E-state index in [0.29, 0.717) is 0 Å². The van der Waals surface area contributed by atoms with Crippen LogP contribution in [0.4, 0.5) is 11.4 Å². The molecule has 1 atom stereocenters. The number of anilines is 1. The minimum Gasteiger partial charge on any atom is -0.467 e. The van der Waals surface area contributed by atoms with Crippen molar-refractivity contribution in [3.63, 3.8) is 0 Å². The first-order valence-corrected chi connectivity index (χ1v) is 6.53. The lowest BCUT2D eigenvalue weighted by atomic mass is 10.0. The molecule has 1 N–H and O–H groups in total. The van der Waals surface area contributed by atoms with Gasteiger partial charge in [0.15, 0.2) is 0 Å². The summed E-state index contributed by atoms with van der Waals surface area (Å²) in [7, 11) is 2.43. The molecule has 22 heavy (non-hydrogen) atoms. The molecular weight excluding hydrogens is 292 g/mol. The lowest BCUT2D eigenvalue weighted by Crippen LogP contribution is -2.35. The van der Waals surface area contributed by atoms with E-state index >= 15 is 0 Å². The summed E-state index contributed by atoms with van der Waals surface area (Å²) in [5.74, 6) is -1.35.